The van der Waals surface area contributed by atoms with E-state index in [1.54, 1.807) is 19.9 Å². The molecular weight excluding hydrogens is 328 g/mol. The maximum absolute atomic E-state index is 13.0. The van der Waals surface area contributed by atoms with Crippen molar-refractivity contribution >= 4 is 6.03 Å². The van der Waals surface area contributed by atoms with Gasteiger partial charge in [-0.25, -0.2) is 9.18 Å². The van der Waals surface area contributed by atoms with Gasteiger partial charge in [-0.15, -0.1) is 0 Å². The number of urea groups is 1. The zero-order valence-electron chi connectivity index (χ0n) is 13.1. The zero-order chi connectivity index (χ0) is 17.9. The lowest BCUT2D eigenvalue weighted by molar-refractivity contribution is -0.138. The number of hydrogen-bond donors (Lipinski definition) is 2. The molecule has 0 saturated carbocycles. The molecule has 0 bridgehead atoms. The molecule has 0 unspecified atom stereocenters. The predicted octanol–water partition coefficient (Wildman–Crippen LogP) is 4.05. The number of alkyl halides is 3. The topological polar surface area (TPSA) is 54.3 Å². The van der Waals surface area contributed by atoms with E-state index in [0.29, 0.717) is 17.6 Å². The summed E-state index contributed by atoms with van der Waals surface area (Å²) in [6.07, 6.45) is -4.69. The van der Waals surface area contributed by atoms with Gasteiger partial charge in [0.05, 0.1) is 5.56 Å². The summed E-state index contributed by atoms with van der Waals surface area (Å²) in [5, 5.41) is 4.85. The normalized spacial score (nSPS) is 11.4. The second kappa shape index (κ2) is 6.94. The van der Waals surface area contributed by atoms with Crippen LogP contribution < -0.4 is 10.6 Å². The second-order valence-electron chi connectivity index (χ2n) is 5.27. The number of aryl methyl sites for hydroxylation is 2. The van der Waals surface area contributed by atoms with Crippen LogP contribution in [0.25, 0.3) is 0 Å². The van der Waals surface area contributed by atoms with Crippen molar-refractivity contribution in [1.82, 2.24) is 10.6 Å². The van der Waals surface area contributed by atoms with E-state index < -0.39 is 23.6 Å². The molecule has 130 valence electrons. The molecule has 2 aromatic rings. The van der Waals surface area contributed by atoms with Crippen LogP contribution in [0.15, 0.2) is 28.7 Å². The van der Waals surface area contributed by atoms with E-state index in [1.165, 1.54) is 0 Å². The summed E-state index contributed by atoms with van der Waals surface area (Å²) in [5.41, 5.74) is -0.543. The van der Waals surface area contributed by atoms with E-state index in [0.717, 1.165) is 17.7 Å². The summed E-state index contributed by atoms with van der Waals surface area (Å²) in [5.74, 6) is 0.373. The molecular formula is C16H16F4N2O2. The average Bonchev–Trinajstić information content (AvgIpc) is 2.80. The Morgan fingerprint density at radius 1 is 1.08 bits per heavy atom. The van der Waals surface area contributed by atoms with Crippen LogP contribution in [0.4, 0.5) is 22.4 Å². The van der Waals surface area contributed by atoms with Crippen LogP contribution >= 0.6 is 0 Å². The maximum atomic E-state index is 13.0. The number of amides is 2. The Morgan fingerprint density at radius 2 is 1.71 bits per heavy atom. The highest BCUT2D eigenvalue weighted by Crippen LogP contribution is 2.32. The SMILES string of the molecule is Cc1cc(CNC(=O)NCc2ccc(F)cc2C(F)(F)F)c(C)o1. The van der Waals surface area contributed by atoms with E-state index in [-0.39, 0.29) is 18.7 Å². The average molecular weight is 344 g/mol. The molecule has 0 aliphatic heterocycles. The summed E-state index contributed by atoms with van der Waals surface area (Å²) in [6.45, 7) is 3.33. The summed E-state index contributed by atoms with van der Waals surface area (Å²) in [4.78, 5) is 11.7. The van der Waals surface area contributed by atoms with Crippen molar-refractivity contribution in [3.05, 3.63) is 58.3 Å². The van der Waals surface area contributed by atoms with Crippen molar-refractivity contribution in [1.29, 1.82) is 0 Å². The zero-order valence-corrected chi connectivity index (χ0v) is 13.1. The number of halogens is 4. The van der Waals surface area contributed by atoms with Gasteiger partial charge in [0, 0.05) is 18.7 Å². The fourth-order valence-corrected chi connectivity index (χ4v) is 2.24. The molecule has 1 heterocycles. The van der Waals surface area contributed by atoms with Crippen molar-refractivity contribution < 1.29 is 26.8 Å². The highest BCUT2D eigenvalue weighted by molar-refractivity contribution is 5.73. The number of carbonyl (C=O) groups excluding carboxylic acids is 1. The molecule has 0 aliphatic rings. The Kier molecular flexibility index (Phi) is 5.16. The van der Waals surface area contributed by atoms with Crippen LogP contribution in [0.3, 0.4) is 0 Å². The van der Waals surface area contributed by atoms with Crippen LogP contribution in [-0.4, -0.2) is 6.03 Å². The molecule has 24 heavy (non-hydrogen) atoms. The van der Waals surface area contributed by atoms with E-state index in [4.69, 9.17) is 4.42 Å². The summed E-state index contributed by atoms with van der Waals surface area (Å²) < 4.78 is 56.9. The molecule has 4 nitrogen and oxygen atoms in total. The van der Waals surface area contributed by atoms with Gasteiger partial charge in [-0.3, -0.25) is 0 Å². The third-order valence-corrected chi connectivity index (χ3v) is 3.40. The van der Waals surface area contributed by atoms with E-state index >= 15 is 0 Å². The maximum Gasteiger partial charge on any atom is 0.416 e. The molecule has 8 heteroatoms. The third-order valence-electron chi connectivity index (χ3n) is 3.40. The molecule has 1 aromatic heterocycles. The Labute approximate surface area is 135 Å². The van der Waals surface area contributed by atoms with Gasteiger partial charge < -0.3 is 15.1 Å². The Morgan fingerprint density at radius 3 is 2.25 bits per heavy atom. The first-order valence-electron chi connectivity index (χ1n) is 7.10. The first kappa shape index (κ1) is 17.8. The van der Waals surface area contributed by atoms with Crippen molar-refractivity contribution in [2.75, 3.05) is 0 Å². The fraction of sp³-hybridized carbons (Fsp3) is 0.312. The standard InChI is InChI=1S/C16H16F4N2O2/c1-9-5-12(10(2)24-9)8-22-15(23)21-7-11-3-4-13(17)6-14(11)16(18,19)20/h3-6H,7-8H2,1-2H3,(H2,21,22,23). The minimum absolute atomic E-state index is 0.185. The van der Waals surface area contributed by atoms with E-state index in [2.05, 4.69) is 10.6 Å². The molecule has 2 N–H and O–H groups in total. The molecule has 0 spiro atoms. The van der Waals surface area contributed by atoms with Gasteiger partial charge >= 0.3 is 12.2 Å². The Hall–Kier alpha value is -2.51. The van der Waals surface area contributed by atoms with Gasteiger partial charge in [-0.2, -0.15) is 13.2 Å². The summed E-state index contributed by atoms with van der Waals surface area (Å²) in [6, 6.07) is 3.46. The minimum atomic E-state index is -4.69. The lowest BCUT2D eigenvalue weighted by Gasteiger charge is -2.14. The molecule has 0 radical (unpaired) electrons. The van der Waals surface area contributed by atoms with Crippen molar-refractivity contribution in [2.24, 2.45) is 0 Å². The van der Waals surface area contributed by atoms with Crippen LogP contribution in [-0.2, 0) is 19.3 Å². The van der Waals surface area contributed by atoms with Crippen LogP contribution in [0.5, 0.6) is 0 Å². The molecule has 0 atom stereocenters. The quantitative estimate of drug-likeness (QED) is 0.822. The number of furan rings is 1. The van der Waals surface area contributed by atoms with Gasteiger partial charge in [0.25, 0.3) is 0 Å². The Bertz CT molecular complexity index is 738. The van der Waals surface area contributed by atoms with Crippen LogP contribution in [0.1, 0.15) is 28.2 Å². The number of nitrogens with one attached hydrogen (secondary N) is 2. The van der Waals surface area contributed by atoms with Gasteiger partial charge in [0.2, 0.25) is 0 Å². The first-order valence-corrected chi connectivity index (χ1v) is 7.10. The highest BCUT2D eigenvalue weighted by atomic mass is 19.4. The molecule has 1 aromatic carbocycles. The smallest absolute Gasteiger partial charge is 0.416 e. The van der Waals surface area contributed by atoms with Crippen LogP contribution in [0.2, 0.25) is 0 Å². The first-order chi connectivity index (χ1) is 11.2. The predicted molar refractivity (Wildman–Crippen MR) is 78.7 cm³/mol. The van der Waals surface area contributed by atoms with Crippen molar-refractivity contribution in [3.63, 3.8) is 0 Å². The molecule has 0 fully saturated rings. The van der Waals surface area contributed by atoms with Crippen molar-refractivity contribution in [2.45, 2.75) is 33.1 Å². The molecule has 0 saturated heterocycles. The van der Waals surface area contributed by atoms with E-state index in [1.807, 2.05) is 0 Å². The number of rotatable bonds is 4. The third kappa shape index (κ3) is 4.50. The highest BCUT2D eigenvalue weighted by Gasteiger charge is 2.33. The summed E-state index contributed by atoms with van der Waals surface area (Å²) in [7, 11) is 0. The van der Waals surface area contributed by atoms with Crippen LogP contribution in [0, 0.1) is 19.7 Å². The van der Waals surface area contributed by atoms with Gasteiger partial charge in [0.1, 0.15) is 17.3 Å². The largest absolute Gasteiger partial charge is 0.466 e. The molecule has 2 rings (SSSR count). The molecule has 0 aliphatic carbocycles. The van der Waals surface area contributed by atoms with Gasteiger partial charge in [0.15, 0.2) is 0 Å². The Balaban J connectivity index is 1.96. The lowest BCUT2D eigenvalue weighted by Crippen LogP contribution is -2.35. The lowest BCUT2D eigenvalue weighted by atomic mass is 10.1. The van der Waals surface area contributed by atoms with E-state index in [9.17, 15) is 22.4 Å². The minimum Gasteiger partial charge on any atom is -0.466 e. The summed E-state index contributed by atoms with van der Waals surface area (Å²) >= 11 is 0. The fourth-order valence-electron chi connectivity index (χ4n) is 2.24. The number of hydrogen-bond acceptors (Lipinski definition) is 2. The van der Waals surface area contributed by atoms with Gasteiger partial charge in [-0.1, -0.05) is 6.07 Å². The van der Waals surface area contributed by atoms with Crippen molar-refractivity contribution in [3.8, 4) is 0 Å². The number of carbonyl (C=O) groups is 1. The van der Waals surface area contributed by atoms with Gasteiger partial charge in [-0.05, 0) is 37.6 Å². The monoisotopic (exact) mass is 344 g/mol. The second-order valence-corrected chi connectivity index (χ2v) is 5.27. The molecule has 2 amide bonds. The number of benzene rings is 1.